The average molecular weight is 261 g/mol. The lowest BCUT2D eigenvalue weighted by Gasteiger charge is -2.34. The van der Waals surface area contributed by atoms with Gasteiger partial charge in [0.25, 0.3) is 0 Å². The predicted octanol–water partition coefficient (Wildman–Crippen LogP) is 2.17. The Bertz CT molecular complexity index is 492. The van der Waals surface area contributed by atoms with E-state index < -0.39 is 0 Å². The maximum atomic E-state index is 12.4. The smallest absolute Gasteiger partial charge is 0.174 e. The van der Waals surface area contributed by atoms with Gasteiger partial charge in [0.2, 0.25) is 0 Å². The fourth-order valence-electron chi connectivity index (χ4n) is 2.81. The Balaban J connectivity index is 1.93. The minimum Gasteiger partial charge on any atom is -0.493 e. The van der Waals surface area contributed by atoms with Gasteiger partial charge in [0.05, 0.1) is 13.0 Å². The molecular weight excluding hydrogens is 242 g/mol. The first-order valence-corrected chi connectivity index (χ1v) is 6.93. The number of Topliss-reactive ketones (excluding diaryl/α,β-unsaturated/α-hetero) is 1. The summed E-state index contributed by atoms with van der Waals surface area (Å²) in [5.41, 5.74) is 0.279. The molecular formula is C15H19NO3. The number of carbonyl (C=O) groups is 1. The number of ketones is 1. The average Bonchev–Trinajstić information content (AvgIpc) is 2.83. The third kappa shape index (κ3) is 2.21. The second-order valence-electron chi connectivity index (χ2n) is 5.29. The Labute approximate surface area is 113 Å². The van der Waals surface area contributed by atoms with Crippen molar-refractivity contribution in [1.82, 2.24) is 5.32 Å². The lowest BCUT2D eigenvalue weighted by atomic mass is 9.89. The molecule has 0 saturated carbocycles. The summed E-state index contributed by atoms with van der Waals surface area (Å²) in [5, 5.41) is 3.27. The largest absolute Gasteiger partial charge is 0.493 e. The molecule has 0 radical (unpaired) electrons. The molecule has 1 aromatic rings. The second-order valence-corrected chi connectivity index (χ2v) is 5.29. The molecule has 0 aliphatic carbocycles. The highest BCUT2D eigenvalue weighted by atomic mass is 16.5. The zero-order valence-corrected chi connectivity index (χ0v) is 11.2. The standard InChI is InChI=1S/C15H19NO3/c1-2-8-18-12-4-3-5-13-14(12)11(17)9-15(19-13)6-7-16-10-15/h3-5,16H,2,6-10H2,1H3. The maximum absolute atomic E-state index is 12.4. The van der Waals surface area contributed by atoms with E-state index >= 15 is 0 Å². The van der Waals surface area contributed by atoms with E-state index in [1.54, 1.807) is 0 Å². The molecule has 2 aliphatic rings. The van der Waals surface area contributed by atoms with Crippen LogP contribution in [0, 0.1) is 0 Å². The first-order valence-electron chi connectivity index (χ1n) is 6.93. The number of benzene rings is 1. The fourth-order valence-corrected chi connectivity index (χ4v) is 2.81. The van der Waals surface area contributed by atoms with Crippen molar-refractivity contribution in [2.24, 2.45) is 0 Å². The summed E-state index contributed by atoms with van der Waals surface area (Å²) in [6.45, 7) is 4.33. The van der Waals surface area contributed by atoms with Crippen molar-refractivity contribution in [2.45, 2.75) is 31.8 Å². The van der Waals surface area contributed by atoms with Crippen LogP contribution in [0.5, 0.6) is 11.5 Å². The van der Waals surface area contributed by atoms with E-state index in [9.17, 15) is 4.79 Å². The van der Waals surface area contributed by atoms with Crippen LogP contribution in [0.4, 0.5) is 0 Å². The van der Waals surface area contributed by atoms with Crippen molar-refractivity contribution < 1.29 is 14.3 Å². The number of ether oxygens (including phenoxy) is 2. The molecule has 102 valence electrons. The number of fused-ring (bicyclic) bond motifs is 1. The Morgan fingerprint density at radius 1 is 1.47 bits per heavy atom. The molecule has 19 heavy (non-hydrogen) atoms. The predicted molar refractivity (Wildman–Crippen MR) is 72.0 cm³/mol. The molecule has 1 saturated heterocycles. The summed E-state index contributed by atoms with van der Waals surface area (Å²) in [6.07, 6.45) is 2.25. The molecule has 1 aromatic carbocycles. The van der Waals surface area contributed by atoms with E-state index in [1.807, 2.05) is 25.1 Å². The van der Waals surface area contributed by atoms with Crippen LogP contribution in [0.2, 0.25) is 0 Å². The summed E-state index contributed by atoms with van der Waals surface area (Å²) < 4.78 is 11.8. The van der Waals surface area contributed by atoms with E-state index in [1.165, 1.54) is 0 Å². The molecule has 4 heteroatoms. The zero-order chi connectivity index (χ0) is 13.3. The van der Waals surface area contributed by atoms with Crippen LogP contribution >= 0.6 is 0 Å². The van der Waals surface area contributed by atoms with E-state index in [0.29, 0.717) is 30.1 Å². The van der Waals surface area contributed by atoms with Gasteiger partial charge in [-0.1, -0.05) is 13.0 Å². The molecule has 1 N–H and O–H groups in total. The number of carbonyl (C=O) groups excluding carboxylic acids is 1. The highest BCUT2D eigenvalue weighted by Gasteiger charge is 2.43. The van der Waals surface area contributed by atoms with Crippen LogP contribution < -0.4 is 14.8 Å². The highest BCUT2D eigenvalue weighted by Crippen LogP contribution is 2.40. The number of hydrogen-bond donors (Lipinski definition) is 1. The van der Waals surface area contributed by atoms with Gasteiger partial charge >= 0.3 is 0 Å². The highest BCUT2D eigenvalue weighted by molar-refractivity contribution is 6.03. The van der Waals surface area contributed by atoms with Gasteiger partial charge in [0.1, 0.15) is 22.7 Å². The summed E-state index contributed by atoms with van der Waals surface area (Å²) in [6, 6.07) is 5.60. The van der Waals surface area contributed by atoms with Crippen molar-refractivity contribution in [3.8, 4) is 11.5 Å². The van der Waals surface area contributed by atoms with Gasteiger partial charge in [0.15, 0.2) is 5.78 Å². The van der Waals surface area contributed by atoms with Gasteiger partial charge in [-0.2, -0.15) is 0 Å². The van der Waals surface area contributed by atoms with E-state index in [0.717, 1.165) is 25.9 Å². The maximum Gasteiger partial charge on any atom is 0.174 e. The van der Waals surface area contributed by atoms with Gasteiger partial charge in [-0.05, 0) is 25.1 Å². The lowest BCUT2D eigenvalue weighted by molar-refractivity contribution is 0.0521. The number of nitrogens with one attached hydrogen (secondary N) is 1. The van der Waals surface area contributed by atoms with Crippen LogP contribution in [0.3, 0.4) is 0 Å². The van der Waals surface area contributed by atoms with Crippen LogP contribution in [-0.4, -0.2) is 31.1 Å². The molecule has 2 aliphatic heterocycles. The monoisotopic (exact) mass is 261 g/mol. The molecule has 1 atom stereocenters. The van der Waals surface area contributed by atoms with E-state index in [4.69, 9.17) is 9.47 Å². The van der Waals surface area contributed by atoms with E-state index in [2.05, 4.69) is 5.32 Å². The van der Waals surface area contributed by atoms with Crippen molar-refractivity contribution in [3.63, 3.8) is 0 Å². The normalized spacial score (nSPS) is 25.2. The van der Waals surface area contributed by atoms with Crippen LogP contribution in [-0.2, 0) is 0 Å². The van der Waals surface area contributed by atoms with Crippen molar-refractivity contribution in [3.05, 3.63) is 23.8 Å². The van der Waals surface area contributed by atoms with Crippen LogP contribution in [0.15, 0.2) is 18.2 Å². The van der Waals surface area contributed by atoms with Gasteiger partial charge in [-0.3, -0.25) is 4.79 Å². The summed E-state index contributed by atoms with van der Waals surface area (Å²) in [7, 11) is 0. The Morgan fingerprint density at radius 2 is 2.37 bits per heavy atom. The zero-order valence-electron chi connectivity index (χ0n) is 11.2. The van der Waals surface area contributed by atoms with E-state index in [-0.39, 0.29) is 11.4 Å². The first-order chi connectivity index (χ1) is 9.24. The Hall–Kier alpha value is -1.55. The lowest BCUT2D eigenvalue weighted by Crippen LogP contribution is -2.43. The van der Waals surface area contributed by atoms with Gasteiger partial charge in [-0.25, -0.2) is 0 Å². The molecule has 0 aromatic heterocycles. The van der Waals surface area contributed by atoms with Crippen molar-refractivity contribution >= 4 is 5.78 Å². The molecule has 3 rings (SSSR count). The Morgan fingerprint density at radius 3 is 3.11 bits per heavy atom. The fraction of sp³-hybridized carbons (Fsp3) is 0.533. The summed E-state index contributed by atoms with van der Waals surface area (Å²) >= 11 is 0. The topological polar surface area (TPSA) is 47.6 Å². The molecule has 0 bridgehead atoms. The van der Waals surface area contributed by atoms with Gasteiger partial charge in [-0.15, -0.1) is 0 Å². The van der Waals surface area contributed by atoms with Crippen molar-refractivity contribution in [1.29, 1.82) is 0 Å². The minimum atomic E-state index is -0.340. The molecule has 2 heterocycles. The first kappa shape index (κ1) is 12.5. The molecule has 0 amide bonds. The quantitative estimate of drug-likeness (QED) is 0.906. The molecule has 4 nitrogen and oxygen atoms in total. The minimum absolute atomic E-state index is 0.136. The molecule has 1 fully saturated rings. The third-order valence-electron chi connectivity index (χ3n) is 3.74. The third-order valence-corrected chi connectivity index (χ3v) is 3.74. The number of rotatable bonds is 3. The van der Waals surface area contributed by atoms with Gasteiger partial charge < -0.3 is 14.8 Å². The second kappa shape index (κ2) is 4.85. The van der Waals surface area contributed by atoms with Gasteiger partial charge in [0, 0.05) is 13.0 Å². The Kier molecular flexibility index (Phi) is 3.19. The van der Waals surface area contributed by atoms with Crippen LogP contribution in [0.25, 0.3) is 0 Å². The summed E-state index contributed by atoms with van der Waals surface area (Å²) in [5.74, 6) is 1.47. The molecule has 1 spiro atoms. The molecule has 1 unspecified atom stereocenters. The SMILES string of the molecule is CCCOc1cccc2c1C(=O)CC1(CCNC1)O2. The summed E-state index contributed by atoms with van der Waals surface area (Å²) in [4.78, 5) is 12.4. The number of hydrogen-bond acceptors (Lipinski definition) is 4. The van der Waals surface area contributed by atoms with Crippen molar-refractivity contribution in [2.75, 3.05) is 19.7 Å². The van der Waals surface area contributed by atoms with Crippen LogP contribution in [0.1, 0.15) is 36.5 Å².